The largest absolute Gasteiger partial charge is 0.370 e. The first-order valence-corrected chi connectivity index (χ1v) is 10.7. The van der Waals surface area contributed by atoms with E-state index in [9.17, 15) is 0 Å². The van der Waals surface area contributed by atoms with Crippen molar-refractivity contribution in [2.75, 3.05) is 6.61 Å². The predicted molar refractivity (Wildman–Crippen MR) is 113 cm³/mol. The fraction of sp³-hybridized carbons (Fsp3) is 0.227. The van der Waals surface area contributed by atoms with E-state index in [2.05, 4.69) is 63.8 Å². The lowest BCUT2D eigenvalue weighted by atomic mass is 10.0. The maximum Gasteiger partial charge on any atom is 0.213 e. The Hall–Kier alpha value is -2.90. The Morgan fingerprint density at radius 1 is 1.03 bits per heavy atom. The summed E-state index contributed by atoms with van der Waals surface area (Å²) in [5.74, 6) is 0.800. The first-order chi connectivity index (χ1) is 14.4. The van der Waals surface area contributed by atoms with Crippen LogP contribution < -0.4 is 0 Å². The van der Waals surface area contributed by atoms with Crippen LogP contribution in [0.4, 0.5) is 0 Å². The van der Waals surface area contributed by atoms with Crippen LogP contribution in [-0.4, -0.2) is 32.2 Å². The van der Waals surface area contributed by atoms with Crippen LogP contribution in [0.5, 0.6) is 0 Å². The second-order valence-corrected chi connectivity index (χ2v) is 8.37. The molecule has 0 radical (unpaired) electrons. The van der Waals surface area contributed by atoms with Gasteiger partial charge in [0.25, 0.3) is 0 Å². The van der Waals surface area contributed by atoms with Crippen molar-refractivity contribution in [1.82, 2.24) is 19.9 Å². The summed E-state index contributed by atoms with van der Waals surface area (Å²) in [6, 6.07) is 18.8. The Morgan fingerprint density at radius 3 is 2.76 bits per heavy atom. The van der Waals surface area contributed by atoms with E-state index in [4.69, 9.17) is 9.84 Å². The van der Waals surface area contributed by atoms with Gasteiger partial charge in [0.2, 0.25) is 5.16 Å². The summed E-state index contributed by atoms with van der Waals surface area (Å²) < 4.78 is 7.75. The predicted octanol–water partition coefficient (Wildman–Crippen LogP) is 4.71. The van der Waals surface area contributed by atoms with Crippen LogP contribution in [0.25, 0.3) is 10.9 Å². The first-order valence-electron chi connectivity index (χ1n) is 9.82. The number of hydrogen-bond donors (Lipinski definition) is 1. The van der Waals surface area contributed by atoms with E-state index in [1.807, 2.05) is 16.8 Å². The molecule has 7 heteroatoms. The lowest BCUT2D eigenvalue weighted by Gasteiger charge is -2.24. The van der Waals surface area contributed by atoms with E-state index in [0.29, 0.717) is 0 Å². The van der Waals surface area contributed by atoms with Gasteiger partial charge in [0, 0.05) is 29.3 Å². The third kappa shape index (κ3) is 2.81. The Kier molecular flexibility index (Phi) is 4.02. The molecule has 0 aliphatic carbocycles. The van der Waals surface area contributed by atoms with Gasteiger partial charge in [0.15, 0.2) is 5.82 Å². The van der Waals surface area contributed by atoms with Crippen LogP contribution in [0, 0.1) is 0 Å². The molecule has 6 rings (SSSR count). The molecule has 29 heavy (non-hydrogen) atoms. The molecule has 2 aromatic carbocycles. The zero-order chi connectivity index (χ0) is 19.2. The number of rotatable bonds is 3. The van der Waals surface area contributed by atoms with Crippen LogP contribution in [0.15, 0.2) is 71.1 Å². The highest BCUT2D eigenvalue weighted by Gasteiger charge is 2.33. The van der Waals surface area contributed by atoms with Crippen LogP contribution in [0.1, 0.15) is 41.1 Å². The maximum atomic E-state index is 5.86. The number of hydrogen-bond acceptors (Lipinski definition) is 5. The van der Waals surface area contributed by atoms with E-state index in [1.165, 1.54) is 10.9 Å². The fourth-order valence-electron chi connectivity index (χ4n) is 4.08. The fourth-order valence-corrected chi connectivity index (χ4v) is 5.19. The molecule has 0 spiro atoms. The van der Waals surface area contributed by atoms with Gasteiger partial charge >= 0.3 is 0 Å². The van der Waals surface area contributed by atoms with Crippen molar-refractivity contribution in [3.63, 3.8) is 0 Å². The Labute approximate surface area is 172 Å². The molecular formula is C22H19N5OS. The Morgan fingerprint density at radius 2 is 1.90 bits per heavy atom. The zero-order valence-corrected chi connectivity index (χ0v) is 16.5. The molecule has 2 unspecified atom stereocenters. The number of benzene rings is 2. The Balaban J connectivity index is 1.54. The third-order valence-electron chi connectivity index (χ3n) is 5.50. The van der Waals surface area contributed by atoms with Crippen molar-refractivity contribution < 1.29 is 4.74 Å². The average molecular weight is 401 g/mol. The van der Waals surface area contributed by atoms with Crippen LogP contribution in [0.3, 0.4) is 0 Å². The minimum absolute atomic E-state index is 0.0295. The Bertz CT molecular complexity index is 1210. The average Bonchev–Trinajstić information content (AvgIpc) is 3.52. The summed E-state index contributed by atoms with van der Waals surface area (Å²) in [7, 11) is 0. The van der Waals surface area contributed by atoms with Crippen molar-refractivity contribution in [3.8, 4) is 0 Å². The lowest BCUT2D eigenvalue weighted by Crippen LogP contribution is -2.19. The van der Waals surface area contributed by atoms with E-state index in [-0.39, 0.29) is 11.4 Å². The van der Waals surface area contributed by atoms with E-state index in [1.54, 1.807) is 11.8 Å². The minimum atomic E-state index is -0.0295. The molecular weight excluding hydrogens is 382 g/mol. The van der Waals surface area contributed by atoms with Crippen molar-refractivity contribution >= 4 is 28.4 Å². The highest BCUT2D eigenvalue weighted by molar-refractivity contribution is 8.00. The van der Waals surface area contributed by atoms with E-state index < -0.39 is 0 Å². The van der Waals surface area contributed by atoms with Gasteiger partial charge in [-0.2, -0.15) is 9.78 Å². The molecule has 2 atom stereocenters. The summed E-state index contributed by atoms with van der Waals surface area (Å²) in [4.78, 5) is 3.39. The highest BCUT2D eigenvalue weighted by atomic mass is 32.2. The molecule has 2 aliphatic heterocycles. The molecule has 0 amide bonds. The smallest absolute Gasteiger partial charge is 0.213 e. The first kappa shape index (κ1) is 17.0. The normalized spacial score (nSPS) is 21.3. The molecule has 1 fully saturated rings. The summed E-state index contributed by atoms with van der Waals surface area (Å²) >= 11 is 1.69. The van der Waals surface area contributed by atoms with Crippen molar-refractivity contribution in [2.45, 2.75) is 29.4 Å². The van der Waals surface area contributed by atoms with Crippen molar-refractivity contribution in [1.29, 1.82) is 0 Å². The number of para-hydroxylation sites is 1. The second-order valence-electron chi connectivity index (χ2n) is 7.30. The molecule has 144 valence electrons. The zero-order valence-electron chi connectivity index (χ0n) is 15.7. The minimum Gasteiger partial charge on any atom is -0.370 e. The van der Waals surface area contributed by atoms with Gasteiger partial charge in [0.05, 0.1) is 11.0 Å². The molecule has 1 saturated heterocycles. The standard InChI is InChI=1S/C22H19N5OS/c1-2-7-14(8-3-1)20-19(16-13-23-17-10-5-4-9-15(16)17)26-27-21(18-11-6-12-28-18)24-25-22(27)29-20/h1-5,7-10,13,18,20,23H,6,11-12H2. The van der Waals surface area contributed by atoms with Gasteiger partial charge in [-0.1, -0.05) is 60.3 Å². The van der Waals surface area contributed by atoms with Gasteiger partial charge in [-0.3, -0.25) is 0 Å². The number of fused-ring (bicyclic) bond motifs is 2. The van der Waals surface area contributed by atoms with Crippen LogP contribution in [-0.2, 0) is 4.74 Å². The van der Waals surface area contributed by atoms with Crippen molar-refractivity contribution in [2.24, 2.45) is 5.10 Å². The van der Waals surface area contributed by atoms with Gasteiger partial charge in [-0.25, -0.2) is 0 Å². The number of aromatic nitrogens is 4. The number of aromatic amines is 1. The maximum absolute atomic E-state index is 5.86. The molecule has 4 aromatic rings. The molecule has 1 N–H and O–H groups in total. The van der Waals surface area contributed by atoms with E-state index >= 15 is 0 Å². The lowest BCUT2D eigenvalue weighted by molar-refractivity contribution is 0.102. The van der Waals surface area contributed by atoms with Crippen LogP contribution >= 0.6 is 11.8 Å². The van der Waals surface area contributed by atoms with Gasteiger partial charge in [-0.15, -0.1) is 10.2 Å². The summed E-state index contributed by atoms with van der Waals surface area (Å²) in [5.41, 5.74) is 4.43. The summed E-state index contributed by atoms with van der Waals surface area (Å²) in [6.07, 6.45) is 4.04. The second kappa shape index (κ2) is 6.86. The van der Waals surface area contributed by atoms with Crippen LogP contribution in [0.2, 0.25) is 0 Å². The topological polar surface area (TPSA) is 68.1 Å². The molecule has 2 aliphatic rings. The summed E-state index contributed by atoms with van der Waals surface area (Å²) in [6.45, 7) is 0.770. The monoisotopic (exact) mass is 401 g/mol. The molecule has 2 aromatic heterocycles. The molecule has 0 bridgehead atoms. The molecule has 4 heterocycles. The number of nitrogens with one attached hydrogen (secondary N) is 1. The number of nitrogens with zero attached hydrogens (tertiary/aromatic N) is 4. The number of ether oxygens (including phenoxy) is 1. The highest BCUT2D eigenvalue weighted by Crippen LogP contribution is 2.43. The number of thioether (sulfide) groups is 1. The SMILES string of the molecule is c1ccc(C2Sc3nnc(C4CCCO4)n3N=C2c2c[nH]c3ccccc23)cc1. The quantitative estimate of drug-likeness (QED) is 0.540. The molecule has 6 nitrogen and oxygen atoms in total. The third-order valence-corrected chi connectivity index (χ3v) is 6.70. The van der Waals surface area contributed by atoms with Crippen molar-refractivity contribution in [3.05, 3.63) is 77.7 Å². The van der Waals surface area contributed by atoms with Gasteiger partial charge in [0.1, 0.15) is 6.10 Å². The number of H-pyrrole nitrogens is 1. The van der Waals surface area contributed by atoms with E-state index in [0.717, 1.165) is 47.2 Å². The summed E-state index contributed by atoms with van der Waals surface area (Å²) in [5, 5.41) is 16.0. The van der Waals surface area contributed by atoms with Gasteiger partial charge in [-0.05, 0) is 24.5 Å². The molecule has 0 saturated carbocycles. The van der Waals surface area contributed by atoms with Gasteiger partial charge < -0.3 is 9.72 Å².